The summed E-state index contributed by atoms with van der Waals surface area (Å²) in [5, 5.41) is 0. The molecule has 0 atom stereocenters. The Labute approximate surface area is 155 Å². The average Bonchev–Trinajstić information content (AvgIpc) is 2.72. The summed E-state index contributed by atoms with van der Waals surface area (Å²) in [4.78, 5) is 0. The van der Waals surface area contributed by atoms with Crippen molar-refractivity contribution < 1.29 is 4.57 Å². The third kappa shape index (κ3) is 5.58. The molecule has 0 bridgehead atoms. The first-order valence-electron chi connectivity index (χ1n) is 8.56. The van der Waals surface area contributed by atoms with Gasteiger partial charge in [0.15, 0.2) is 0 Å². The predicted molar refractivity (Wildman–Crippen MR) is 114 cm³/mol. The van der Waals surface area contributed by atoms with Crippen LogP contribution in [0.25, 0.3) is 18.2 Å². The highest BCUT2D eigenvalue weighted by Gasteiger charge is 2.09. The van der Waals surface area contributed by atoms with Crippen LogP contribution in [0.1, 0.15) is 16.7 Å². The van der Waals surface area contributed by atoms with Gasteiger partial charge in [0.05, 0.1) is 0 Å². The first-order valence-corrected chi connectivity index (χ1v) is 10.5. The SMILES string of the molecule is O=P(/C=C/c1ccccc1)(/C=C/c1ccccc1)/C=C/c1ccccc1. The molecule has 128 valence electrons. The topological polar surface area (TPSA) is 17.1 Å². The number of hydrogen-bond acceptors (Lipinski definition) is 1. The fourth-order valence-corrected chi connectivity index (χ4v) is 3.96. The summed E-state index contributed by atoms with van der Waals surface area (Å²) in [6.45, 7) is 0. The Morgan fingerprint density at radius 1 is 0.462 bits per heavy atom. The molecule has 0 unspecified atom stereocenters. The lowest BCUT2D eigenvalue weighted by Crippen LogP contribution is -1.74. The summed E-state index contributed by atoms with van der Waals surface area (Å²) in [7, 11) is -2.76. The van der Waals surface area contributed by atoms with Crippen LogP contribution in [0.4, 0.5) is 0 Å². The van der Waals surface area contributed by atoms with E-state index in [9.17, 15) is 4.57 Å². The Bertz CT molecular complexity index is 812. The van der Waals surface area contributed by atoms with Crippen LogP contribution < -0.4 is 0 Å². The molecule has 2 heteroatoms. The van der Waals surface area contributed by atoms with Gasteiger partial charge in [-0.3, -0.25) is 0 Å². The van der Waals surface area contributed by atoms with E-state index in [4.69, 9.17) is 0 Å². The van der Waals surface area contributed by atoms with Crippen molar-refractivity contribution >= 4 is 25.4 Å². The molecule has 3 aromatic rings. The number of hydrogen-bond donors (Lipinski definition) is 0. The molecule has 0 saturated carbocycles. The normalized spacial score (nSPS) is 12.3. The molecule has 26 heavy (non-hydrogen) atoms. The second-order valence-corrected chi connectivity index (χ2v) is 8.36. The number of benzene rings is 3. The summed E-state index contributed by atoms with van der Waals surface area (Å²) in [6, 6.07) is 29.8. The monoisotopic (exact) mass is 356 g/mol. The largest absolute Gasteiger partial charge is 0.310 e. The number of rotatable bonds is 6. The van der Waals surface area contributed by atoms with Crippen LogP contribution >= 0.6 is 7.14 Å². The van der Waals surface area contributed by atoms with Crippen LogP contribution in [0.15, 0.2) is 108 Å². The lowest BCUT2D eigenvalue weighted by atomic mass is 10.2. The van der Waals surface area contributed by atoms with Gasteiger partial charge >= 0.3 is 0 Å². The minimum absolute atomic E-state index is 1.04. The molecule has 3 aromatic carbocycles. The van der Waals surface area contributed by atoms with E-state index in [2.05, 4.69) is 0 Å². The molecule has 0 heterocycles. The minimum atomic E-state index is -2.76. The van der Waals surface area contributed by atoms with E-state index in [0.29, 0.717) is 0 Å². The van der Waals surface area contributed by atoms with E-state index in [1.165, 1.54) is 0 Å². The Hall–Kier alpha value is -2.89. The van der Waals surface area contributed by atoms with Gasteiger partial charge in [0.1, 0.15) is 7.14 Å². The zero-order chi connectivity index (χ0) is 18.1. The summed E-state index contributed by atoms with van der Waals surface area (Å²) in [5.74, 6) is 5.42. The third-order valence-corrected chi connectivity index (χ3v) is 5.74. The van der Waals surface area contributed by atoms with Gasteiger partial charge in [0.2, 0.25) is 0 Å². The maximum absolute atomic E-state index is 13.5. The van der Waals surface area contributed by atoms with Gasteiger partial charge in [-0.1, -0.05) is 109 Å². The molecular weight excluding hydrogens is 335 g/mol. The zero-order valence-electron chi connectivity index (χ0n) is 14.5. The fourth-order valence-electron chi connectivity index (χ4n) is 2.45. The highest BCUT2D eigenvalue weighted by Crippen LogP contribution is 2.52. The molecule has 0 fully saturated rings. The van der Waals surface area contributed by atoms with Gasteiger partial charge in [0, 0.05) is 0 Å². The second-order valence-electron chi connectivity index (χ2n) is 5.94. The maximum atomic E-state index is 13.5. The molecule has 0 aromatic heterocycles. The van der Waals surface area contributed by atoms with E-state index in [1.54, 1.807) is 17.5 Å². The van der Waals surface area contributed by atoms with E-state index in [-0.39, 0.29) is 0 Å². The van der Waals surface area contributed by atoms with Crippen molar-refractivity contribution in [3.63, 3.8) is 0 Å². The molecule has 0 aliphatic carbocycles. The van der Waals surface area contributed by atoms with Crippen LogP contribution in [0.5, 0.6) is 0 Å². The van der Waals surface area contributed by atoms with Crippen molar-refractivity contribution in [3.8, 4) is 0 Å². The highest BCUT2D eigenvalue weighted by molar-refractivity contribution is 7.73. The fraction of sp³-hybridized carbons (Fsp3) is 0. The molecule has 1 nitrogen and oxygen atoms in total. The Kier molecular flexibility index (Phi) is 6.19. The van der Waals surface area contributed by atoms with Crippen LogP contribution in [0.3, 0.4) is 0 Å². The second kappa shape index (κ2) is 8.99. The molecule has 3 rings (SSSR count). The average molecular weight is 356 g/mol. The molecule has 0 aliphatic heterocycles. The molecule has 0 amide bonds. The summed E-state index contributed by atoms with van der Waals surface area (Å²) in [6.07, 6.45) is 5.77. The van der Waals surface area contributed by atoms with Crippen molar-refractivity contribution in [3.05, 3.63) is 125 Å². The van der Waals surface area contributed by atoms with Gasteiger partial charge in [-0.05, 0) is 34.1 Å². The van der Waals surface area contributed by atoms with Gasteiger partial charge in [-0.2, -0.15) is 0 Å². The smallest absolute Gasteiger partial charge is 0.150 e. The van der Waals surface area contributed by atoms with E-state index >= 15 is 0 Å². The van der Waals surface area contributed by atoms with Crippen molar-refractivity contribution in [2.45, 2.75) is 0 Å². The summed E-state index contributed by atoms with van der Waals surface area (Å²) < 4.78 is 13.5. The minimum Gasteiger partial charge on any atom is -0.310 e. The van der Waals surface area contributed by atoms with Crippen molar-refractivity contribution in [1.29, 1.82) is 0 Å². The van der Waals surface area contributed by atoms with Crippen molar-refractivity contribution in [1.82, 2.24) is 0 Å². The van der Waals surface area contributed by atoms with Crippen molar-refractivity contribution in [2.24, 2.45) is 0 Å². The maximum Gasteiger partial charge on any atom is 0.150 e. The van der Waals surface area contributed by atoms with E-state index < -0.39 is 7.14 Å². The molecule has 0 radical (unpaired) electrons. The Balaban J connectivity index is 1.89. The predicted octanol–water partition coefficient (Wildman–Crippen LogP) is 7.36. The Morgan fingerprint density at radius 2 is 0.731 bits per heavy atom. The van der Waals surface area contributed by atoms with Crippen LogP contribution in [0.2, 0.25) is 0 Å². The molecular formula is C24H21OP. The standard InChI is InChI=1S/C24H21OP/c25-26(19-16-22-10-4-1-5-11-22,20-17-23-12-6-2-7-13-23)21-18-24-14-8-3-9-15-24/h1-21H/b19-16+,20-17+,21-18+. The first-order chi connectivity index (χ1) is 12.7. The molecule has 0 spiro atoms. The van der Waals surface area contributed by atoms with Crippen LogP contribution in [-0.2, 0) is 4.57 Å². The van der Waals surface area contributed by atoms with Gasteiger partial charge in [-0.25, -0.2) is 0 Å². The zero-order valence-corrected chi connectivity index (χ0v) is 15.4. The van der Waals surface area contributed by atoms with Gasteiger partial charge in [0.25, 0.3) is 0 Å². The molecule has 0 N–H and O–H groups in total. The molecule has 0 aliphatic rings. The summed E-state index contributed by atoms with van der Waals surface area (Å²) >= 11 is 0. The first kappa shape index (κ1) is 17.9. The van der Waals surface area contributed by atoms with Gasteiger partial charge < -0.3 is 4.57 Å². The quantitative estimate of drug-likeness (QED) is 0.422. The Morgan fingerprint density at radius 3 is 1.00 bits per heavy atom. The third-order valence-electron chi connectivity index (χ3n) is 3.90. The highest BCUT2D eigenvalue weighted by atomic mass is 31.2. The lowest BCUT2D eigenvalue weighted by molar-refractivity contribution is 0.591. The van der Waals surface area contributed by atoms with Crippen molar-refractivity contribution in [2.75, 3.05) is 0 Å². The van der Waals surface area contributed by atoms with Gasteiger partial charge in [-0.15, -0.1) is 0 Å². The van der Waals surface area contributed by atoms with E-state index in [0.717, 1.165) is 16.7 Å². The summed E-state index contributed by atoms with van der Waals surface area (Å²) in [5.41, 5.74) is 3.11. The molecule has 0 saturated heterocycles. The van der Waals surface area contributed by atoms with Crippen LogP contribution in [0, 0.1) is 0 Å². The lowest BCUT2D eigenvalue weighted by Gasteiger charge is -2.04. The van der Waals surface area contributed by atoms with E-state index in [1.807, 2.05) is 109 Å². The van der Waals surface area contributed by atoms with Crippen LogP contribution in [-0.4, -0.2) is 0 Å².